The lowest BCUT2D eigenvalue weighted by Gasteiger charge is -2.32. The van der Waals surface area contributed by atoms with E-state index in [-0.39, 0.29) is 6.09 Å². The molecule has 2 aliphatic heterocycles. The first kappa shape index (κ1) is 9.73. The summed E-state index contributed by atoms with van der Waals surface area (Å²) in [5.74, 6) is 0. The molecule has 0 aromatic carbocycles. The SMILES string of the molecule is O=C1OCCCN1CC1(O)CCOC1. The molecule has 0 aliphatic carbocycles. The van der Waals surface area contributed by atoms with Gasteiger partial charge >= 0.3 is 6.09 Å². The number of hydrogen-bond acceptors (Lipinski definition) is 4. The van der Waals surface area contributed by atoms with Gasteiger partial charge in [0.25, 0.3) is 0 Å². The maximum absolute atomic E-state index is 11.3. The van der Waals surface area contributed by atoms with Gasteiger partial charge in [0.2, 0.25) is 0 Å². The maximum Gasteiger partial charge on any atom is 0.409 e. The van der Waals surface area contributed by atoms with Crippen molar-refractivity contribution in [1.82, 2.24) is 4.90 Å². The van der Waals surface area contributed by atoms with Crippen LogP contribution in [0.15, 0.2) is 0 Å². The number of ether oxygens (including phenoxy) is 2. The van der Waals surface area contributed by atoms with Gasteiger partial charge in [-0.1, -0.05) is 0 Å². The number of β-amino-alcohol motifs (C(OH)–C–C–N with tert-alkyl or cyclic N) is 1. The summed E-state index contributed by atoms with van der Waals surface area (Å²) in [6, 6.07) is 0. The van der Waals surface area contributed by atoms with Crippen LogP contribution in [-0.2, 0) is 9.47 Å². The molecule has 14 heavy (non-hydrogen) atoms. The Morgan fingerprint density at radius 1 is 1.50 bits per heavy atom. The van der Waals surface area contributed by atoms with Gasteiger partial charge in [-0.3, -0.25) is 0 Å². The first-order chi connectivity index (χ1) is 6.70. The van der Waals surface area contributed by atoms with Gasteiger partial charge in [-0.2, -0.15) is 0 Å². The largest absolute Gasteiger partial charge is 0.449 e. The lowest BCUT2D eigenvalue weighted by molar-refractivity contribution is -0.0153. The number of amides is 1. The van der Waals surface area contributed by atoms with Gasteiger partial charge in [-0.25, -0.2) is 4.79 Å². The average molecular weight is 201 g/mol. The van der Waals surface area contributed by atoms with E-state index < -0.39 is 5.60 Å². The topological polar surface area (TPSA) is 59.0 Å². The molecule has 1 unspecified atom stereocenters. The van der Waals surface area contributed by atoms with Gasteiger partial charge in [-0.05, 0) is 6.42 Å². The minimum absolute atomic E-state index is 0.316. The van der Waals surface area contributed by atoms with E-state index in [1.54, 1.807) is 4.90 Å². The van der Waals surface area contributed by atoms with Crippen molar-refractivity contribution in [2.24, 2.45) is 0 Å². The molecular formula is C9H15NO4. The van der Waals surface area contributed by atoms with E-state index in [4.69, 9.17) is 9.47 Å². The van der Waals surface area contributed by atoms with Crippen LogP contribution in [0.5, 0.6) is 0 Å². The smallest absolute Gasteiger partial charge is 0.409 e. The molecule has 2 heterocycles. The van der Waals surface area contributed by atoms with E-state index in [0.29, 0.717) is 39.3 Å². The zero-order chi connectivity index (χ0) is 10.0. The third-order valence-corrected chi connectivity index (χ3v) is 2.62. The summed E-state index contributed by atoms with van der Waals surface area (Å²) in [6.07, 6.45) is 1.11. The molecule has 2 fully saturated rings. The molecule has 5 nitrogen and oxygen atoms in total. The van der Waals surface area contributed by atoms with Gasteiger partial charge in [0.1, 0.15) is 5.60 Å². The Hall–Kier alpha value is -0.810. The van der Waals surface area contributed by atoms with Crippen LogP contribution in [0.25, 0.3) is 0 Å². The molecule has 2 rings (SSSR count). The van der Waals surface area contributed by atoms with Crippen molar-refractivity contribution in [2.75, 3.05) is 32.9 Å². The Morgan fingerprint density at radius 2 is 2.36 bits per heavy atom. The number of rotatable bonds is 2. The fourth-order valence-electron chi connectivity index (χ4n) is 1.82. The molecule has 0 bridgehead atoms. The third kappa shape index (κ3) is 1.99. The Labute approximate surface area is 82.6 Å². The summed E-state index contributed by atoms with van der Waals surface area (Å²) in [5, 5.41) is 9.99. The van der Waals surface area contributed by atoms with Crippen LogP contribution in [0.4, 0.5) is 4.79 Å². The van der Waals surface area contributed by atoms with Gasteiger partial charge in [0, 0.05) is 19.6 Å². The molecule has 0 spiro atoms. The monoisotopic (exact) mass is 201 g/mol. The van der Waals surface area contributed by atoms with Gasteiger partial charge < -0.3 is 19.5 Å². The van der Waals surface area contributed by atoms with Crippen LogP contribution in [0.2, 0.25) is 0 Å². The first-order valence-corrected chi connectivity index (χ1v) is 4.91. The Bertz CT molecular complexity index is 225. The number of nitrogens with zero attached hydrogens (tertiary/aromatic N) is 1. The van der Waals surface area contributed by atoms with Gasteiger partial charge in [0.05, 0.1) is 19.8 Å². The van der Waals surface area contributed by atoms with Crippen LogP contribution >= 0.6 is 0 Å². The van der Waals surface area contributed by atoms with E-state index in [0.717, 1.165) is 6.42 Å². The number of cyclic esters (lactones) is 1. The normalized spacial score (nSPS) is 33.2. The van der Waals surface area contributed by atoms with Gasteiger partial charge in [-0.15, -0.1) is 0 Å². The van der Waals surface area contributed by atoms with Crippen molar-refractivity contribution in [2.45, 2.75) is 18.4 Å². The molecule has 2 aliphatic rings. The standard InChI is InChI=1S/C9H15NO4/c11-8-10(3-1-4-14-8)6-9(12)2-5-13-7-9/h12H,1-7H2. The summed E-state index contributed by atoms with van der Waals surface area (Å²) >= 11 is 0. The second kappa shape index (κ2) is 3.74. The Morgan fingerprint density at radius 3 is 3.00 bits per heavy atom. The molecule has 0 aromatic rings. The molecule has 1 amide bonds. The second-order valence-corrected chi connectivity index (χ2v) is 3.92. The summed E-state index contributed by atoms with van der Waals surface area (Å²) < 4.78 is 9.99. The van der Waals surface area contributed by atoms with Crippen LogP contribution in [0, 0.1) is 0 Å². The predicted octanol–water partition coefficient (Wildman–Crippen LogP) is -0.0199. The Kier molecular flexibility index (Phi) is 2.60. The molecule has 1 N–H and O–H groups in total. The highest BCUT2D eigenvalue weighted by Gasteiger charge is 2.36. The Balaban J connectivity index is 1.91. The van der Waals surface area contributed by atoms with Crippen LogP contribution in [0.1, 0.15) is 12.8 Å². The van der Waals surface area contributed by atoms with E-state index in [2.05, 4.69) is 0 Å². The maximum atomic E-state index is 11.3. The summed E-state index contributed by atoms with van der Waals surface area (Å²) in [7, 11) is 0. The molecule has 0 aromatic heterocycles. The van der Waals surface area contributed by atoms with Crippen molar-refractivity contribution in [3.05, 3.63) is 0 Å². The summed E-state index contributed by atoms with van der Waals surface area (Å²) in [6.45, 7) is 2.37. The van der Waals surface area contributed by atoms with E-state index in [9.17, 15) is 9.90 Å². The highest BCUT2D eigenvalue weighted by molar-refractivity contribution is 5.68. The van der Waals surface area contributed by atoms with E-state index in [1.807, 2.05) is 0 Å². The number of aliphatic hydroxyl groups is 1. The highest BCUT2D eigenvalue weighted by atomic mass is 16.6. The molecule has 5 heteroatoms. The fourth-order valence-corrected chi connectivity index (χ4v) is 1.82. The van der Waals surface area contributed by atoms with Crippen molar-refractivity contribution in [3.8, 4) is 0 Å². The highest BCUT2D eigenvalue weighted by Crippen LogP contribution is 2.21. The minimum Gasteiger partial charge on any atom is -0.449 e. The van der Waals surface area contributed by atoms with Crippen LogP contribution in [0.3, 0.4) is 0 Å². The molecule has 1 atom stereocenters. The third-order valence-electron chi connectivity index (χ3n) is 2.62. The van der Waals surface area contributed by atoms with Crippen molar-refractivity contribution >= 4 is 6.09 Å². The molecule has 80 valence electrons. The fraction of sp³-hybridized carbons (Fsp3) is 0.889. The second-order valence-electron chi connectivity index (χ2n) is 3.92. The lowest BCUT2D eigenvalue weighted by Crippen LogP contribution is -2.48. The first-order valence-electron chi connectivity index (χ1n) is 4.91. The predicted molar refractivity (Wildman–Crippen MR) is 47.9 cm³/mol. The van der Waals surface area contributed by atoms with Gasteiger partial charge in [0.15, 0.2) is 0 Å². The summed E-state index contributed by atoms with van der Waals surface area (Å²) in [5.41, 5.74) is -0.865. The van der Waals surface area contributed by atoms with Crippen LogP contribution < -0.4 is 0 Å². The number of carbonyl (C=O) groups excluding carboxylic acids is 1. The van der Waals surface area contributed by atoms with Crippen molar-refractivity contribution in [3.63, 3.8) is 0 Å². The van der Waals surface area contributed by atoms with E-state index >= 15 is 0 Å². The number of carbonyl (C=O) groups is 1. The quantitative estimate of drug-likeness (QED) is 0.682. The van der Waals surface area contributed by atoms with E-state index in [1.165, 1.54) is 0 Å². The molecular weight excluding hydrogens is 186 g/mol. The zero-order valence-corrected chi connectivity index (χ0v) is 8.07. The average Bonchev–Trinajstić information content (AvgIpc) is 2.57. The van der Waals surface area contributed by atoms with Crippen molar-refractivity contribution in [1.29, 1.82) is 0 Å². The molecule has 0 saturated carbocycles. The minimum atomic E-state index is -0.865. The number of hydrogen-bond donors (Lipinski definition) is 1. The van der Waals surface area contributed by atoms with Crippen molar-refractivity contribution < 1.29 is 19.4 Å². The van der Waals surface area contributed by atoms with Crippen LogP contribution in [-0.4, -0.2) is 54.6 Å². The summed E-state index contributed by atoms with van der Waals surface area (Å²) in [4.78, 5) is 12.8. The lowest BCUT2D eigenvalue weighted by atomic mass is 10.0. The zero-order valence-electron chi connectivity index (χ0n) is 8.07. The molecule has 0 radical (unpaired) electrons. The molecule has 2 saturated heterocycles.